The molecule has 0 spiro atoms. The van der Waals surface area contributed by atoms with Crippen LogP contribution in [0.4, 0.5) is 0 Å². The third-order valence-electron chi connectivity index (χ3n) is 3.40. The molecule has 0 aromatic carbocycles. The molecule has 1 aromatic rings. The van der Waals surface area contributed by atoms with Crippen molar-refractivity contribution in [3.63, 3.8) is 0 Å². The van der Waals surface area contributed by atoms with E-state index < -0.39 is 10.0 Å². The van der Waals surface area contributed by atoms with Crippen molar-refractivity contribution >= 4 is 26.0 Å². The van der Waals surface area contributed by atoms with Crippen LogP contribution < -0.4 is 4.72 Å². The lowest BCUT2D eigenvalue weighted by atomic mass is 10.1. The predicted molar refractivity (Wildman–Crippen MR) is 73.2 cm³/mol. The highest BCUT2D eigenvalue weighted by molar-refractivity contribution is 9.09. The third-order valence-corrected chi connectivity index (χ3v) is 5.53. The lowest BCUT2D eigenvalue weighted by molar-refractivity contribution is 0.519. The number of sulfonamides is 1. The van der Waals surface area contributed by atoms with Crippen LogP contribution in [0, 0.1) is 12.8 Å². The summed E-state index contributed by atoms with van der Waals surface area (Å²) in [6.07, 6.45) is 4.76. The van der Waals surface area contributed by atoms with Gasteiger partial charge < -0.3 is 4.57 Å². The van der Waals surface area contributed by atoms with Gasteiger partial charge >= 0.3 is 0 Å². The molecule has 5 nitrogen and oxygen atoms in total. The van der Waals surface area contributed by atoms with Crippen molar-refractivity contribution < 1.29 is 8.42 Å². The first-order chi connectivity index (χ1) is 8.38. The Morgan fingerprint density at radius 2 is 2.28 bits per heavy atom. The van der Waals surface area contributed by atoms with Gasteiger partial charge in [0, 0.05) is 24.6 Å². The second-order valence-electron chi connectivity index (χ2n) is 4.87. The average Bonchev–Trinajstić information content (AvgIpc) is 2.84. The third kappa shape index (κ3) is 3.13. The van der Waals surface area contributed by atoms with Gasteiger partial charge in [-0.3, -0.25) is 0 Å². The molecule has 7 heteroatoms. The van der Waals surface area contributed by atoms with Crippen LogP contribution in [-0.4, -0.2) is 29.3 Å². The van der Waals surface area contributed by atoms with Crippen molar-refractivity contribution in [1.29, 1.82) is 0 Å². The van der Waals surface area contributed by atoms with Crippen LogP contribution in [0.2, 0.25) is 0 Å². The van der Waals surface area contributed by atoms with Gasteiger partial charge in [0.1, 0.15) is 5.82 Å². The van der Waals surface area contributed by atoms with Gasteiger partial charge in [-0.25, -0.2) is 18.1 Å². The lowest BCUT2D eigenvalue weighted by Crippen LogP contribution is -2.29. The second kappa shape index (κ2) is 5.30. The van der Waals surface area contributed by atoms with E-state index in [-0.39, 0.29) is 5.03 Å². The van der Waals surface area contributed by atoms with Crippen LogP contribution in [0.25, 0.3) is 0 Å². The lowest BCUT2D eigenvalue weighted by Gasteiger charge is -2.09. The molecule has 0 aliphatic heterocycles. The van der Waals surface area contributed by atoms with Gasteiger partial charge in [-0.2, -0.15) is 0 Å². The van der Waals surface area contributed by atoms with Crippen LogP contribution >= 0.6 is 15.9 Å². The second-order valence-corrected chi connectivity index (χ2v) is 7.87. The Hall–Kier alpha value is -0.400. The summed E-state index contributed by atoms with van der Waals surface area (Å²) in [5, 5.41) is 0.107. The molecule has 1 N–H and O–H groups in total. The molecule has 1 aliphatic rings. The van der Waals surface area contributed by atoms with Gasteiger partial charge in [-0.05, 0) is 32.1 Å². The first kappa shape index (κ1) is 14.0. The summed E-state index contributed by atoms with van der Waals surface area (Å²) in [6.45, 7) is 2.28. The summed E-state index contributed by atoms with van der Waals surface area (Å²) >= 11 is 3.56. The van der Waals surface area contributed by atoms with E-state index in [1.165, 1.54) is 0 Å². The normalized spacial score (nSPS) is 24.6. The Morgan fingerprint density at radius 1 is 1.56 bits per heavy atom. The minimum Gasteiger partial charge on any atom is -0.337 e. The monoisotopic (exact) mass is 335 g/mol. The maximum absolute atomic E-state index is 12.0. The van der Waals surface area contributed by atoms with Crippen molar-refractivity contribution in [3.8, 4) is 0 Å². The van der Waals surface area contributed by atoms with E-state index in [4.69, 9.17) is 0 Å². The van der Waals surface area contributed by atoms with E-state index in [0.717, 1.165) is 19.3 Å². The molecule has 1 aromatic heterocycles. The van der Waals surface area contributed by atoms with E-state index in [2.05, 4.69) is 25.6 Å². The Balaban J connectivity index is 1.99. The zero-order valence-electron chi connectivity index (χ0n) is 10.6. The largest absolute Gasteiger partial charge is 0.337 e. The van der Waals surface area contributed by atoms with Crippen LogP contribution in [0.1, 0.15) is 25.1 Å². The van der Waals surface area contributed by atoms with Crippen molar-refractivity contribution in [1.82, 2.24) is 14.3 Å². The molecule has 18 heavy (non-hydrogen) atoms. The van der Waals surface area contributed by atoms with Gasteiger partial charge in [-0.1, -0.05) is 15.9 Å². The number of aromatic nitrogens is 2. The fourth-order valence-corrected chi connectivity index (χ4v) is 4.10. The molecular formula is C11H18BrN3O2S. The minimum absolute atomic E-state index is 0.107. The number of rotatable bonds is 4. The Bertz CT molecular complexity index is 507. The highest BCUT2D eigenvalue weighted by atomic mass is 79.9. The van der Waals surface area contributed by atoms with Crippen molar-refractivity contribution in [2.24, 2.45) is 13.0 Å². The van der Waals surface area contributed by atoms with Gasteiger partial charge in [-0.15, -0.1) is 0 Å². The molecule has 102 valence electrons. The zero-order chi connectivity index (χ0) is 13.3. The molecule has 0 radical (unpaired) electrons. The molecule has 2 unspecified atom stereocenters. The molecule has 0 bridgehead atoms. The number of hydrogen-bond acceptors (Lipinski definition) is 3. The number of aryl methyl sites for hydroxylation is 2. The summed E-state index contributed by atoms with van der Waals surface area (Å²) < 4.78 is 28.4. The molecule has 2 rings (SSSR count). The minimum atomic E-state index is -3.46. The van der Waals surface area contributed by atoms with Crippen LogP contribution in [-0.2, 0) is 17.1 Å². The van der Waals surface area contributed by atoms with Gasteiger partial charge in [0.05, 0.1) is 0 Å². The summed E-state index contributed by atoms with van der Waals surface area (Å²) in [7, 11) is -1.68. The highest BCUT2D eigenvalue weighted by Crippen LogP contribution is 2.30. The first-order valence-electron chi connectivity index (χ1n) is 6.02. The zero-order valence-corrected chi connectivity index (χ0v) is 13.0. The molecule has 0 amide bonds. The number of imidazole rings is 1. The summed E-state index contributed by atoms with van der Waals surface area (Å²) in [5.74, 6) is 1.12. The number of halogens is 1. The van der Waals surface area contributed by atoms with Crippen LogP contribution in [0.3, 0.4) is 0 Å². The van der Waals surface area contributed by atoms with E-state index in [1.54, 1.807) is 24.7 Å². The number of nitrogens with one attached hydrogen (secondary N) is 1. The summed E-state index contributed by atoms with van der Waals surface area (Å²) in [4.78, 5) is 4.58. The van der Waals surface area contributed by atoms with Crippen molar-refractivity contribution in [2.45, 2.75) is 36.0 Å². The Kier molecular flexibility index (Phi) is 4.13. The van der Waals surface area contributed by atoms with E-state index in [0.29, 0.717) is 23.1 Å². The standard InChI is InChI=1S/C11H18BrN3O2S/c1-8-14-11(7-15(8)2)18(16,17)13-6-9-3-4-10(12)5-9/h7,9-10,13H,3-6H2,1-2H3. The maximum Gasteiger partial charge on any atom is 0.259 e. The fraction of sp³-hybridized carbons (Fsp3) is 0.727. The number of hydrogen-bond donors (Lipinski definition) is 1. The van der Waals surface area contributed by atoms with E-state index >= 15 is 0 Å². The van der Waals surface area contributed by atoms with Crippen molar-refractivity contribution in [3.05, 3.63) is 12.0 Å². The Morgan fingerprint density at radius 3 is 2.78 bits per heavy atom. The van der Waals surface area contributed by atoms with E-state index in [9.17, 15) is 8.42 Å². The van der Waals surface area contributed by atoms with Crippen molar-refractivity contribution in [2.75, 3.05) is 6.54 Å². The highest BCUT2D eigenvalue weighted by Gasteiger charge is 2.25. The topological polar surface area (TPSA) is 64.0 Å². The molecular weight excluding hydrogens is 318 g/mol. The van der Waals surface area contributed by atoms with E-state index in [1.807, 2.05) is 0 Å². The summed E-state index contributed by atoms with van der Waals surface area (Å²) in [6, 6.07) is 0. The Labute approximate surface area is 116 Å². The van der Waals surface area contributed by atoms with Gasteiger partial charge in [0.2, 0.25) is 0 Å². The predicted octanol–water partition coefficient (Wildman–Crippen LogP) is 1.57. The SMILES string of the molecule is Cc1nc(S(=O)(=O)NCC2CCC(Br)C2)cn1C. The molecule has 1 saturated carbocycles. The average molecular weight is 336 g/mol. The van der Waals surface area contributed by atoms with Crippen LogP contribution in [0.5, 0.6) is 0 Å². The van der Waals surface area contributed by atoms with Crippen LogP contribution in [0.15, 0.2) is 11.2 Å². The smallest absolute Gasteiger partial charge is 0.259 e. The van der Waals surface area contributed by atoms with Gasteiger partial charge in [0.25, 0.3) is 10.0 Å². The number of nitrogens with zero attached hydrogens (tertiary/aromatic N) is 2. The first-order valence-corrected chi connectivity index (χ1v) is 8.42. The number of alkyl halides is 1. The summed E-state index contributed by atoms with van der Waals surface area (Å²) in [5.41, 5.74) is 0. The van der Waals surface area contributed by atoms with Gasteiger partial charge in [0.15, 0.2) is 5.03 Å². The quantitative estimate of drug-likeness (QED) is 0.849. The molecule has 1 heterocycles. The molecule has 1 aliphatic carbocycles. The molecule has 0 saturated heterocycles. The fourth-order valence-electron chi connectivity index (χ4n) is 2.16. The molecule has 1 fully saturated rings. The molecule has 2 atom stereocenters. The maximum atomic E-state index is 12.0.